The van der Waals surface area contributed by atoms with Crippen molar-refractivity contribution in [3.8, 4) is 0 Å². The lowest BCUT2D eigenvalue weighted by atomic mass is 10.1. The molecule has 3 N–H and O–H groups in total. The summed E-state index contributed by atoms with van der Waals surface area (Å²) in [5.74, 6) is -2.11. The van der Waals surface area contributed by atoms with Gasteiger partial charge in [-0.3, -0.25) is 9.59 Å². The number of carboxylic acid groups (broad SMARTS) is 2. The highest BCUT2D eigenvalue weighted by Crippen LogP contribution is 2.57. The second-order valence-electron chi connectivity index (χ2n) is 4.78. The Morgan fingerprint density at radius 3 is 2.24 bits per heavy atom. The second-order valence-corrected chi connectivity index (χ2v) is 4.78. The first-order chi connectivity index (χ1) is 8.00. The molecule has 6 heteroatoms. The monoisotopic (exact) mass is 241 g/mol. The summed E-state index contributed by atoms with van der Waals surface area (Å²) in [6.45, 7) is 0. The minimum Gasteiger partial charge on any atom is -0.481 e. The third-order valence-corrected chi connectivity index (χ3v) is 3.70. The number of carbonyl (C=O) groups excluding carboxylic acids is 1. The topological polar surface area (TPSA) is 104 Å². The van der Waals surface area contributed by atoms with E-state index < -0.39 is 24.4 Å². The van der Waals surface area contributed by atoms with Crippen LogP contribution in [0, 0.1) is 17.8 Å². The van der Waals surface area contributed by atoms with Crippen molar-refractivity contribution in [3.63, 3.8) is 0 Å². The van der Waals surface area contributed by atoms with Crippen molar-refractivity contribution in [3.05, 3.63) is 0 Å². The molecular formula is C11H15NO5. The zero-order valence-electron chi connectivity index (χ0n) is 9.26. The van der Waals surface area contributed by atoms with Crippen molar-refractivity contribution in [2.24, 2.45) is 17.8 Å². The first-order valence-electron chi connectivity index (χ1n) is 5.75. The van der Waals surface area contributed by atoms with Crippen LogP contribution in [0.25, 0.3) is 0 Å². The van der Waals surface area contributed by atoms with Gasteiger partial charge in [0.25, 0.3) is 0 Å². The Bertz CT molecular complexity index is 357. The van der Waals surface area contributed by atoms with Crippen LogP contribution in [0.3, 0.4) is 0 Å². The number of carboxylic acids is 2. The molecule has 3 atom stereocenters. The Hall–Kier alpha value is -1.59. The van der Waals surface area contributed by atoms with Crippen molar-refractivity contribution in [2.45, 2.75) is 31.7 Å². The molecule has 0 aromatic heterocycles. The van der Waals surface area contributed by atoms with E-state index in [0.717, 1.165) is 19.3 Å². The van der Waals surface area contributed by atoms with Crippen LogP contribution in [-0.4, -0.2) is 34.1 Å². The molecule has 1 amide bonds. The molecule has 0 spiro atoms. The number of hydrogen-bond acceptors (Lipinski definition) is 3. The molecule has 0 bridgehead atoms. The fourth-order valence-corrected chi connectivity index (χ4v) is 2.85. The predicted molar refractivity (Wildman–Crippen MR) is 56.1 cm³/mol. The molecule has 3 unspecified atom stereocenters. The molecule has 0 aliphatic heterocycles. The Morgan fingerprint density at radius 2 is 1.76 bits per heavy atom. The minimum atomic E-state index is -1.32. The summed E-state index contributed by atoms with van der Waals surface area (Å²) in [5.41, 5.74) is 0. The van der Waals surface area contributed by atoms with Crippen LogP contribution in [0.1, 0.15) is 25.7 Å². The van der Waals surface area contributed by atoms with Gasteiger partial charge in [0.1, 0.15) is 6.04 Å². The van der Waals surface area contributed by atoms with Gasteiger partial charge < -0.3 is 15.5 Å². The molecule has 94 valence electrons. The van der Waals surface area contributed by atoms with Crippen molar-refractivity contribution in [1.29, 1.82) is 0 Å². The quantitative estimate of drug-likeness (QED) is 0.632. The Labute approximate surface area is 98.0 Å². The number of amides is 1. The molecule has 0 aromatic carbocycles. The molecule has 0 radical (unpaired) electrons. The van der Waals surface area contributed by atoms with Crippen LogP contribution in [-0.2, 0) is 14.4 Å². The van der Waals surface area contributed by atoms with E-state index in [9.17, 15) is 14.4 Å². The zero-order chi connectivity index (χ0) is 12.6. The average Bonchev–Trinajstić information content (AvgIpc) is 2.71. The highest BCUT2D eigenvalue weighted by molar-refractivity contribution is 5.89. The van der Waals surface area contributed by atoms with Crippen molar-refractivity contribution in [2.75, 3.05) is 0 Å². The maximum atomic E-state index is 11.7. The number of hydrogen-bond donors (Lipinski definition) is 3. The molecule has 0 saturated heterocycles. The van der Waals surface area contributed by atoms with Gasteiger partial charge in [-0.2, -0.15) is 0 Å². The van der Waals surface area contributed by atoms with E-state index in [1.165, 1.54) is 0 Å². The summed E-state index contributed by atoms with van der Waals surface area (Å²) in [4.78, 5) is 33.0. The van der Waals surface area contributed by atoms with E-state index in [0.29, 0.717) is 11.8 Å². The van der Waals surface area contributed by atoms with Gasteiger partial charge in [-0.05, 0) is 24.7 Å². The lowest BCUT2D eigenvalue weighted by Gasteiger charge is -2.13. The highest BCUT2D eigenvalue weighted by atomic mass is 16.4. The molecule has 2 saturated carbocycles. The predicted octanol–water partition coefficient (Wildman–Crippen LogP) is 0.0766. The number of carbonyl (C=O) groups is 3. The van der Waals surface area contributed by atoms with Crippen LogP contribution >= 0.6 is 0 Å². The molecule has 0 heterocycles. The van der Waals surface area contributed by atoms with Gasteiger partial charge in [0.15, 0.2) is 0 Å². The summed E-state index contributed by atoms with van der Waals surface area (Å²) in [6.07, 6.45) is 2.61. The van der Waals surface area contributed by atoms with Crippen molar-refractivity contribution in [1.82, 2.24) is 5.32 Å². The van der Waals surface area contributed by atoms with Crippen LogP contribution in [0.4, 0.5) is 0 Å². The Morgan fingerprint density at radius 1 is 1.18 bits per heavy atom. The van der Waals surface area contributed by atoms with Crippen molar-refractivity contribution < 1.29 is 24.6 Å². The molecule has 2 aliphatic carbocycles. The van der Waals surface area contributed by atoms with Gasteiger partial charge in [-0.15, -0.1) is 0 Å². The summed E-state index contributed by atoms with van der Waals surface area (Å²) in [5, 5.41) is 19.7. The van der Waals surface area contributed by atoms with Gasteiger partial charge in [0.05, 0.1) is 6.42 Å². The lowest BCUT2D eigenvalue weighted by molar-refractivity contribution is -0.147. The summed E-state index contributed by atoms with van der Waals surface area (Å²) < 4.78 is 0. The largest absolute Gasteiger partial charge is 0.481 e. The summed E-state index contributed by atoms with van der Waals surface area (Å²) in [7, 11) is 0. The third-order valence-electron chi connectivity index (χ3n) is 3.70. The maximum absolute atomic E-state index is 11.7. The van der Waals surface area contributed by atoms with Crippen LogP contribution < -0.4 is 5.32 Å². The molecule has 2 fully saturated rings. The van der Waals surface area contributed by atoms with Gasteiger partial charge in [-0.25, -0.2) is 4.79 Å². The van der Waals surface area contributed by atoms with Gasteiger partial charge in [-0.1, -0.05) is 6.42 Å². The van der Waals surface area contributed by atoms with E-state index in [1.807, 2.05) is 0 Å². The van der Waals surface area contributed by atoms with E-state index in [2.05, 4.69) is 5.32 Å². The van der Waals surface area contributed by atoms with Crippen LogP contribution in [0.2, 0.25) is 0 Å². The molecule has 0 aromatic rings. The standard InChI is InChI=1S/C11H15NO5/c13-8(14)4-7(11(16)17)12-10(15)9-5-2-1-3-6(5)9/h5-7,9H,1-4H2,(H,12,15)(H,13,14)(H,16,17). The van der Waals surface area contributed by atoms with E-state index in [1.54, 1.807) is 0 Å². The first-order valence-corrected chi connectivity index (χ1v) is 5.75. The second kappa shape index (κ2) is 4.35. The maximum Gasteiger partial charge on any atom is 0.326 e. The van der Waals surface area contributed by atoms with E-state index >= 15 is 0 Å². The fourth-order valence-electron chi connectivity index (χ4n) is 2.85. The Balaban J connectivity index is 1.88. The van der Waals surface area contributed by atoms with Gasteiger partial charge in [0, 0.05) is 5.92 Å². The molecular weight excluding hydrogens is 226 g/mol. The van der Waals surface area contributed by atoms with Gasteiger partial charge >= 0.3 is 11.9 Å². The normalized spacial score (nSPS) is 31.4. The van der Waals surface area contributed by atoms with E-state index in [4.69, 9.17) is 10.2 Å². The molecule has 17 heavy (non-hydrogen) atoms. The highest BCUT2D eigenvalue weighted by Gasteiger charge is 2.56. The molecule has 6 nitrogen and oxygen atoms in total. The summed E-state index contributed by atoms with van der Waals surface area (Å²) in [6, 6.07) is -1.32. The number of aliphatic carboxylic acids is 2. The number of nitrogens with one attached hydrogen (secondary N) is 1. The van der Waals surface area contributed by atoms with E-state index in [-0.39, 0.29) is 11.8 Å². The SMILES string of the molecule is O=C(O)CC(NC(=O)C1C2CCCC21)C(=O)O. The van der Waals surface area contributed by atoms with Crippen molar-refractivity contribution >= 4 is 17.8 Å². The molecule has 2 rings (SSSR count). The summed E-state index contributed by atoms with van der Waals surface area (Å²) >= 11 is 0. The first kappa shape index (κ1) is 11.9. The fraction of sp³-hybridized carbons (Fsp3) is 0.727. The number of rotatable bonds is 5. The van der Waals surface area contributed by atoms with Crippen LogP contribution in [0.5, 0.6) is 0 Å². The minimum absolute atomic E-state index is 0.0839. The third kappa shape index (κ3) is 2.40. The lowest BCUT2D eigenvalue weighted by Crippen LogP contribution is -2.43. The Kier molecular flexibility index (Phi) is 3.04. The molecule has 2 aliphatic rings. The van der Waals surface area contributed by atoms with Gasteiger partial charge in [0.2, 0.25) is 5.91 Å². The average molecular weight is 241 g/mol. The smallest absolute Gasteiger partial charge is 0.326 e. The zero-order valence-corrected chi connectivity index (χ0v) is 9.26. The number of fused-ring (bicyclic) bond motifs is 1. The van der Waals surface area contributed by atoms with Crippen LogP contribution in [0.15, 0.2) is 0 Å².